The lowest BCUT2D eigenvalue weighted by atomic mass is 10.4. The third kappa shape index (κ3) is 3.77. The maximum absolute atomic E-state index is 5.45. The van der Waals surface area contributed by atoms with Crippen LogP contribution in [0.3, 0.4) is 0 Å². The van der Waals surface area contributed by atoms with E-state index in [-0.39, 0.29) is 6.04 Å². The Morgan fingerprint density at radius 1 is 1.56 bits per heavy atom. The van der Waals surface area contributed by atoms with Crippen molar-refractivity contribution in [3.8, 4) is 18.2 Å². The molecule has 1 aromatic rings. The van der Waals surface area contributed by atoms with Crippen LogP contribution in [0.2, 0.25) is 0 Å². The molecule has 0 saturated carbocycles. The van der Waals surface area contributed by atoms with Gasteiger partial charge in [-0.05, 0) is 20.3 Å². The van der Waals surface area contributed by atoms with Crippen molar-refractivity contribution in [2.45, 2.75) is 33.2 Å². The van der Waals surface area contributed by atoms with E-state index in [2.05, 4.69) is 21.2 Å². The Balaban J connectivity index is 2.77. The highest BCUT2D eigenvalue weighted by atomic mass is 16.5. The SMILES string of the molecule is C#CC(C)Nc1nc(C)cc(OCCC)n1. The predicted molar refractivity (Wildman–Crippen MR) is 64.5 cm³/mol. The summed E-state index contributed by atoms with van der Waals surface area (Å²) < 4.78 is 5.45. The fraction of sp³-hybridized carbons (Fsp3) is 0.500. The first-order valence-corrected chi connectivity index (χ1v) is 5.37. The molecule has 0 aliphatic rings. The lowest BCUT2D eigenvalue weighted by Crippen LogP contribution is -2.15. The van der Waals surface area contributed by atoms with E-state index in [1.807, 2.05) is 20.8 Å². The first-order valence-electron chi connectivity index (χ1n) is 5.37. The van der Waals surface area contributed by atoms with Crippen molar-refractivity contribution in [1.29, 1.82) is 0 Å². The van der Waals surface area contributed by atoms with Gasteiger partial charge in [0.2, 0.25) is 11.8 Å². The third-order valence-electron chi connectivity index (χ3n) is 1.88. The number of rotatable bonds is 5. The molecule has 0 spiro atoms. The smallest absolute Gasteiger partial charge is 0.227 e. The second kappa shape index (κ2) is 5.96. The van der Waals surface area contributed by atoms with Crippen molar-refractivity contribution in [1.82, 2.24) is 9.97 Å². The molecule has 0 aliphatic carbocycles. The van der Waals surface area contributed by atoms with Crippen LogP contribution >= 0.6 is 0 Å². The van der Waals surface area contributed by atoms with E-state index in [1.54, 1.807) is 6.07 Å². The van der Waals surface area contributed by atoms with Crippen molar-refractivity contribution < 1.29 is 4.74 Å². The zero-order chi connectivity index (χ0) is 12.0. The fourth-order valence-corrected chi connectivity index (χ4v) is 1.12. The summed E-state index contributed by atoms with van der Waals surface area (Å²) in [6.07, 6.45) is 6.23. The fourth-order valence-electron chi connectivity index (χ4n) is 1.12. The van der Waals surface area contributed by atoms with Crippen LogP contribution in [0.5, 0.6) is 5.88 Å². The zero-order valence-corrected chi connectivity index (χ0v) is 9.95. The van der Waals surface area contributed by atoms with Crippen LogP contribution in [0.25, 0.3) is 0 Å². The Hall–Kier alpha value is -1.76. The van der Waals surface area contributed by atoms with Gasteiger partial charge < -0.3 is 10.1 Å². The van der Waals surface area contributed by atoms with Crippen molar-refractivity contribution in [2.75, 3.05) is 11.9 Å². The van der Waals surface area contributed by atoms with Crippen molar-refractivity contribution in [2.24, 2.45) is 0 Å². The highest BCUT2D eigenvalue weighted by molar-refractivity contribution is 5.33. The molecule has 0 amide bonds. The summed E-state index contributed by atoms with van der Waals surface area (Å²) in [6, 6.07) is 1.71. The summed E-state index contributed by atoms with van der Waals surface area (Å²) in [5.74, 6) is 3.66. The Labute approximate surface area is 96.5 Å². The summed E-state index contributed by atoms with van der Waals surface area (Å²) in [5, 5.41) is 3.01. The molecule has 0 fully saturated rings. The Bertz CT molecular complexity index is 384. The van der Waals surface area contributed by atoms with E-state index < -0.39 is 0 Å². The van der Waals surface area contributed by atoms with Gasteiger partial charge in [0.05, 0.1) is 12.6 Å². The summed E-state index contributed by atoms with van der Waals surface area (Å²) in [5.41, 5.74) is 0.854. The topological polar surface area (TPSA) is 47.0 Å². The summed E-state index contributed by atoms with van der Waals surface area (Å²) in [4.78, 5) is 8.45. The minimum absolute atomic E-state index is 0.0965. The Morgan fingerprint density at radius 3 is 2.94 bits per heavy atom. The number of aryl methyl sites for hydroxylation is 1. The number of aromatic nitrogens is 2. The largest absolute Gasteiger partial charge is 0.478 e. The molecule has 1 unspecified atom stereocenters. The number of hydrogen-bond acceptors (Lipinski definition) is 4. The van der Waals surface area contributed by atoms with Crippen molar-refractivity contribution in [3.05, 3.63) is 11.8 Å². The monoisotopic (exact) mass is 219 g/mol. The quantitative estimate of drug-likeness (QED) is 0.769. The van der Waals surface area contributed by atoms with E-state index in [0.717, 1.165) is 12.1 Å². The van der Waals surface area contributed by atoms with Gasteiger partial charge in [-0.2, -0.15) is 4.98 Å². The lowest BCUT2D eigenvalue weighted by molar-refractivity contribution is 0.305. The lowest BCUT2D eigenvalue weighted by Gasteiger charge is -2.10. The molecule has 0 aromatic carbocycles. The molecule has 4 nitrogen and oxygen atoms in total. The zero-order valence-electron chi connectivity index (χ0n) is 9.95. The first kappa shape index (κ1) is 12.3. The number of nitrogens with one attached hydrogen (secondary N) is 1. The van der Waals surface area contributed by atoms with E-state index in [0.29, 0.717) is 18.4 Å². The molecule has 1 rings (SSSR count). The second-order valence-electron chi connectivity index (χ2n) is 3.55. The molecule has 0 saturated heterocycles. The summed E-state index contributed by atoms with van der Waals surface area (Å²) in [6.45, 7) is 6.47. The maximum atomic E-state index is 5.45. The minimum atomic E-state index is -0.0965. The highest BCUT2D eigenvalue weighted by Gasteiger charge is 2.04. The molecular formula is C12H17N3O. The van der Waals surface area contributed by atoms with Gasteiger partial charge in [0.15, 0.2) is 0 Å². The molecule has 1 atom stereocenters. The Morgan fingerprint density at radius 2 is 2.31 bits per heavy atom. The van der Waals surface area contributed by atoms with Gasteiger partial charge in [0.25, 0.3) is 0 Å². The molecule has 1 N–H and O–H groups in total. The number of hydrogen-bond donors (Lipinski definition) is 1. The standard InChI is InChI=1S/C12H17N3O/c1-5-7-16-11-8-10(4)14-12(15-11)13-9(3)6-2/h2,8-9H,5,7H2,1,3-4H3,(H,13,14,15). The normalized spacial score (nSPS) is 11.6. The molecule has 86 valence electrons. The van der Waals surface area contributed by atoms with Crippen LogP contribution in [0.1, 0.15) is 26.0 Å². The Kier molecular flexibility index (Phi) is 4.59. The first-order chi connectivity index (χ1) is 7.65. The van der Waals surface area contributed by atoms with Gasteiger partial charge in [-0.15, -0.1) is 6.42 Å². The number of ether oxygens (including phenoxy) is 1. The molecule has 4 heteroatoms. The molecule has 16 heavy (non-hydrogen) atoms. The number of anilines is 1. The van der Waals surface area contributed by atoms with E-state index in [1.165, 1.54) is 0 Å². The van der Waals surface area contributed by atoms with E-state index >= 15 is 0 Å². The van der Waals surface area contributed by atoms with Gasteiger partial charge in [0.1, 0.15) is 0 Å². The average Bonchev–Trinajstić information content (AvgIpc) is 2.25. The molecule has 0 aliphatic heterocycles. The van der Waals surface area contributed by atoms with E-state index in [9.17, 15) is 0 Å². The summed E-state index contributed by atoms with van der Waals surface area (Å²) >= 11 is 0. The van der Waals surface area contributed by atoms with Gasteiger partial charge in [-0.3, -0.25) is 0 Å². The van der Waals surface area contributed by atoms with Crippen molar-refractivity contribution in [3.63, 3.8) is 0 Å². The van der Waals surface area contributed by atoms with E-state index in [4.69, 9.17) is 11.2 Å². The van der Waals surface area contributed by atoms with Crippen molar-refractivity contribution >= 4 is 5.95 Å². The number of nitrogens with zero attached hydrogens (tertiary/aromatic N) is 2. The summed E-state index contributed by atoms with van der Waals surface area (Å²) in [7, 11) is 0. The second-order valence-corrected chi connectivity index (χ2v) is 3.55. The van der Waals surface area contributed by atoms with Crippen LogP contribution in [0.4, 0.5) is 5.95 Å². The van der Waals surface area contributed by atoms with Gasteiger partial charge in [0, 0.05) is 11.8 Å². The molecule has 1 aromatic heterocycles. The van der Waals surface area contributed by atoms with Gasteiger partial charge >= 0.3 is 0 Å². The van der Waals surface area contributed by atoms with Crippen LogP contribution < -0.4 is 10.1 Å². The predicted octanol–water partition coefficient (Wildman–Crippen LogP) is 2.01. The molecule has 0 bridgehead atoms. The van der Waals surface area contributed by atoms with Gasteiger partial charge in [-0.1, -0.05) is 12.8 Å². The third-order valence-corrected chi connectivity index (χ3v) is 1.88. The average molecular weight is 219 g/mol. The van der Waals surface area contributed by atoms with Crippen LogP contribution in [0, 0.1) is 19.3 Å². The highest BCUT2D eigenvalue weighted by Crippen LogP contribution is 2.12. The molecule has 0 radical (unpaired) electrons. The molecule has 1 heterocycles. The maximum Gasteiger partial charge on any atom is 0.227 e. The minimum Gasteiger partial charge on any atom is -0.478 e. The van der Waals surface area contributed by atoms with Crippen LogP contribution in [-0.2, 0) is 0 Å². The van der Waals surface area contributed by atoms with Gasteiger partial charge in [-0.25, -0.2) is 4.98 Å². The molecular weight excluding hydrogens is 202 g/mol. The van der Waals surface area contributed by atoms with Crippen LogP contribution in [0.15, 0.2) is 6.07 Å². The number of terminal acetylenes is 1. The van der Waals surface area contributed by atoms with Crippen LogP contribution in [-0.4, -0.2) is 22.6 Å².